The van der Waals surface area contributed by atoms with Crippen LogP contribution in [0.4, 0.5) is 18.9 Å². The zero-order valence-corrected chi connectivity index (χ0v) is 16.9. The van der Waals surface area contributed by atoms with Gasteiger partial charge in [0.15, 0.2) is 0 Å². The highest BCUT2D eigenvalue weighted by atomic mass is 19.1. The molecule has 164 valence electrons. The van der Waals surface area contributed by atoms with Crippen LogP contribution in [0.25, 0.3) is 16.6 Å². The van der Waals surface area contributed by atoms with E-state index in [9.17, 15) is 22.8 Å². The summed E-state index contributed by atoms with van der Waals surface area (Å²) in [6.45, 7) is 0.0539. The summed E-state index contributed by atoms with van der Waals surface area (Å²) >= 11 is 0. The Labute approximate surface area is 184 Å². The molecule has 33 heavy (non-hydrogen) atoms. The number of amides is 1. The summed E-state index contributed by atoms with van der Waals surface area (Å²) in [7, 11) is 0. The van der Waals surface area contributed by atoms with Gasteiger partial charge in [-0.2, -0.15) is 5.10 Å². The SMILES string of the molecule is O=C(Nc1cc(F)ccc1F)c1ccc2c(c1)n(Cc1cccc(F)c1)c(=O)c1ccnn12. The molecule has 0 spiro atoms. The number of halogens is 3. The molecule has 6 nitrogen and oxygen atoms in total. The van der Waals surface area contributed by atoms with Gasteiger partial charge in [-0.15, -0.1) is 0 Å². The number of anilines is 1. The van der Waals surface area contributed by atoms with Gasteiger partial charge < -0.3 is 9.88 Å². The van der Waals surface area contributed by atoms with Gasteiger partial charge >= 0.3 is 0 Å². The van der Waals surface area contributed by atoms with E-state index in [-0.39, 0.29) is 23.4 Å². The van der Waals surface area contributed by atoms with Gasteiger partial charge in [0.05, 0.1) is 29.5 Å². The van der Waals surface area contributed by atoms with E-state index in [2.05, 4.69) is 10.4 Å². The minimum atomic E-state index is -0.785. The van der Waals surface area contributed by atoms with Gasteiger partial charge in [0.2, 0.25) is 0 Å². The molecule has 0 aliphatic carbocycles. The number of fused-ring (bicyclic) bond motifs is 3. The fourth-order valence-electron chi connectivity index (χ4n) is 3.73. The van der Waals surface area contributed by atoms with Crippen molar-refractivity contribution in [1.29, 1.82) is 0 Å². The average molecular weight is 448 g/mol. The first kappa shape index (κ1) is 20.5. The minimum Gasteiger partial charge on any atom is -0.319 e. The number of benzene rings is 3. The number of hydrogen-bond donors (Lipinski definition) is 1. The second-order valence-corrected chi connectivity index (χ2v) is 7.43. The first-order chi connectivity index (χ1) is 15.9. The van der Waals surface area contributed by atoms with Gasteiger partial charge in [-0.1, -0.05) is 12.1 Å². The third-order valence-electron chi connectivity index (χ3n) is 5.27. The molecule has 0 unspecified atom stereocenters. The second-order valence-electron chi connectivity index (χ2n) is 7.43. The van der Waals surface area contributed by atoms with Crippen LogP contribution in [0.15, 0.2) is 77.7 Å². The molecule has 0 saturated carbocycles. The molecule has 9 heteroatoms. The molecule has 0 bridgehead atoms. The van der Waals surface area contributed by atoms with E-state index in [0.717, 1.165) is 18.2 Å². The Balaban J connectivity index is 1.64. The second kappa shape index (κ2) is 7.94. The molecule has 0 aliphatic rings. The smallest absolute Gasteiger partial charge is 0.277 e. The van der Waals surface area contributed by atoms with Crippen molar-refractivity contribution in [1.82, 2.24) is 14.2 Å². The van der Waals surface area contributed by atoms with E-state index in [1.165, 1.54) is 39.5 Å². The van der Waals surface area contributed by atoms with Crippen LogP contribution in [0, 0.1) is 17.5 Å². The Kier molecular flexibility index (Phi) is 4.93. The molecular formula is C24H15F3N4O2. The minimum absolute atomic E-state index is 0.0539. The van der Waals surface area contributed by atoms with E-state index in [1.54, 1.807) is 24.3 Å². The van der Waals surface area contributed by atoms with Crippen LogP contribution >= 0.6 is 0 Å². The summed E-state index contributed by atoms with van der Waals surface area (Å²) < 4.78 is 44.0. The first-order valence-corrected chi connectivity index (χ1v) is 9.92. The van der Waals surface area contributed by atoms with Crippen molar-refractivity contribution in [2.24, 2.45) is 0 Å². The molecular weight excluding hydrogens is 433 g/mol. The normalized spacial score (nSPS) is 11.2. The lowest BCUT2D eigenvalue weighted by Crippen LogP contribution is -2.24. The molecule has 1 amide bonds. The summed E-state index contributed by atoms with van der Waals surface area (Å²) in [6, 6.07) is 14.7. The van der Waals surface area contributed by atoms with Crippen LogP contribution in [0.3, 0.4) is 0 Å². The summed E-state index contributed by atoms with van der Waals surface area (Å²) in [6.07, 6.45) is 1.48. The molecule has 3 aromatic carbocycles. The summed E-state index contributed by atoms with van der Waals surface area (Å²) in [5, 5.41) is 6.53. The highest BCUT2D eigenvalue weighted by Crippen LogP contribution is 2.20. The van der Waals surface area contributed by atoms with Gasteiger partial charge in [0.1, 0.15) is 23.0 Å². The van der Waals surface area contributed by atoms with Crippen molar-refractivity contribution in [2.45, 2.75) is 6.54 Å². The number of rotatable bonds is 4. The van der Waals surface area contributed by atoms with E-state index in [4.69, 9.17) is 0 Å². The van der Waals surface area contributed by atoms with Gasteiger partial charge in [-0.25, -0.2) is 17.7 Å². The van der Waals surface area contributed by atoms with Gasteiger partial charge in [0.25, 0.3) is 11.5 Å². The number of nitrogens with zero attached hydrogens (tertiary/aromatic N) is 3. The van der Waals surface area contributed by atoms with E-state index in [0.29, 0.717) is 22.1 Å². The van der Waals surface area contributed by atoms with Gasteiger partial charge in [-0.3, -0.25) is 9.59 Å². The fraction of sp³-hybridized carbons (Fsp3) is 0.0417. The summed E-state index contributed by atoms with van der Waals surface area (Å²) in [5.74, 6) is -2.61. The Bertz CT molecular complexity index is 1610. The maximum atomic E-state index is 14.0. The Morgan fingerprint density at radius 1 is 0.879 bits per heavy atom. The van der Waals surface area contributed by atoms with Crippen molar-refractivity contribution in [3.63, 3.8) is 0 Å². The number of carbonyl (C=O) groups is 1. The van der Waals surface area contributed by atoms with Crippen molar-refractivity contribution < 1.29 is 18.0 Å². The van der Waals surface area contributed by atoms with E-state index >= 15 is 0 Å². The molecule has 2 heterocycles. The summed E-state index contributed by atoms with van der Waals surface area (Å²) in [4.78, 5) is 25.9. The molecule has 0 aliphatic heterocycles. The number of aromatic nitrogens is 3. The van der Waals surface area contributed by atoms with Crippen LogP contribution in [0.5, 0.6) is 0 Å². The zero-order valence-electron chi connectivity index (χ0n) is 16.9. The predicted molar refractivity (Wildman–Crippen MR) is 117 cm³/mol. The monoisotopic (exact) mass is 448 g/mol. The van der Waals surface area contributed by atoms with Crippen molar-refractivity contribution in [3.05, 3.63) is 112 Å². The van der Waals surface area contributed by atoms with Crippen LogP contribution in [0.1, 0.15) is 15.9 Å². The fourth-order valence-corrected chi connectivity index (χ4v) is 3.73. The molecule has 5 aromatic rings. The average Bonchev–Trinajstić information content (AvgIpc) is 3.29. The van der Waals surface area contributed by atoms with Crippen LogP contribution in [-0.4, -0.2) is 20.1 Å². The van der Waals surface area contributed by atoms with Crippen LogP contribution in [-0.2, 0) is 6.54 Å². The molecule has 5 rings (SSSR count). The lowest BCUT2D eigenvalue weighted by molar-refractivity contribution is 0.102. The lowest BCUT2D eigenvalue weighted by atomic mass is 10.1. The molecule has 2 aromatic heterocycles. The lowest BCUT2D eigenvalue weighted by Gasteiger charge is -2.14. The summed E-state index contributed by atoms with van der Waals surface area (Å²) in [5.41, 5.74) is 1.21. The Morgan fingerprint density at radius 3 is 2.52 bits per heavy atom. The zero-order chi connectivity index (χ0) is 23.1. The topological polar surface area (TPSA) is 68.4 Å². The highest BCUT2D eigenvalue weighted by molar-refractivity contribution is 6.06. The standard InChI is InChI=1S/C24H15F3N4O2/c25-16-3-1-2-14(10-16)13-30-22-11-15(23(32)29-19-12-17(26)5-6-18(19)27)4-7-20(22)31-21(24(30)33)8-9-28-31/h1-12H,13H2,(H,29,32). The predicted octanol–water partition coefficient (Wildman–Crippen LogP) is 4.37. The van der Waals surface area contributed by atoms with E-state index < -0.39 is 23.4 Å². The third kappa shape index (κ3) is 3.73. The quantitative estimate of drug-likeness (QED) is 0.444. The number of hydrogen-bond acceptors (Lipinski definition) is 3. The third-order valence-corrected chi connectivity index (χ3v) is 5.27. The van der Waals surface area contributed by atoms with Crippen LogP contribution < -0.4 is 10.9 Å². The van der Waals surface area contributed by atoms with Crippen molar-refractivity contribution >= 4 is 28.1 Å². The van der Waals surface area contributed by atoms with Crippen molar-refractivity contribution in [2.75, 3.05) is 5.32 Å². The largest absolute Gasteiger partial charge is 0.319 e. The Morgan fingerprint density at radius 2 is 1.70 bits per heavy atom. The van der Waals surface area contributed by atoms with Crippen LogP contribution in [0.2, 0.25) is 0 Å². The maximum Gasteiger partial charge on any atom is 0.277 e. The van der Waals surface area contributed by atoms with Crippen molar-refractivity contribution in [3.8, 4) is 0 Å². The van der Waals surface area contributed by atoms with Gasteiger partial charge in [-0.05, 0) is 54.1 Å². The molecule has 0 radical (unpaired) electrons. The first-order valence-electron chi connectivity index (χ1n) is 9.92. The molecule has 1 N–H and O–H groups in total. The molecule has 0 fully saturated rings. The molecule has 0 saturated heterocycles. The Hall–Kier alpha value is -4.40. The molecule has 0 atom stereocenters. The number of carbonyl (C=O) groups excluding carboxylic acids is 1. The number of nitrogens with one attached hydrogen (secondary N) is 1. The van der Waals surface area contributed by atoms with E-state index in [1.807, 2.05) is 0 Å². The maximum absolute atomic E-state index is 14.0. The highest BCUT2D eigenvalue weighted by Gasteiger charge is 2.16. The van der Waals surface area contributed by atoms with Gasteiger partial charge in [0, 0.05) is 11.6 Å².